The number of anilines is 1. The minimum atomic E-state index is -4.10. The van der Waals surface area contributed by atoms with Gasteiger partial charge < -0.3 is 10.2 Å². The first kappa shape index (κ1) is 31.3. The van der Waals surface area contributed by atoms with Gasteiger partial charge in [-0.2, -0.15) is 0 Å². The highest BCUT2D eigenvalue weighted by atomic mass is 32.2. The summed E-state index contributed by atoms with van der Waals surface area (Å²) in [5.41, 5.74) is 5.02. The molecule has 224 valence electrons. The summed E-state index contributed by atoms with van der Waals surface area (Å²) in [5.74, 6) is -0.666. The molecular formula is C34H43N3O4S. The van der Waals surface area contributed by atoms with Gasteiger partial charge in [-0.1, -0.05) is 78.9 Å². The van der Waals surface area contributed by atoms with Gasteiger partial charge in [-0.3, -0.25) is 13.9 Å². The average molecular weight is 590 g/mol. The highest BCUT2D eigenvalue weighted by Crippen LogP contribution is 2.29. The Hall–Kier alpha value is -3.65. The van der Waals surface area contributed by atoms with Gasteiger partial charge in [0.1, 0.15) is 12.6 Å². The molecular weight excluding hydrogens is 546 g/mol. The van der Waals surface area contributed by atoms with Crippen LogP contribution in [0.25, 0.3) is 0 Å². The molecule has 0 aliphatic heterocycles. The Balaban J connectivity index is 1.70. The van der Waals surface area contributed by atoms with E-state index in [4.69, 9.17) is 0 Å². The van der Waals surface area contributed by atoms with Gasteiger partial charge in [-0.15, -0.1) is 0 Å². The van der Waals surface area contributed by atoms with Gasteiger partial charge in [-0.25, -0.2) is 8.42 Å². The van der Waals surface area contributed by atoms with Gasteiger partial charge in [-0.05, 0) is 82.3 Å². The van der Waals surface area contributed by atoms with Crippen molar-refractivity contribution in [3.63, 3.8) is 0 Å². The lowest BCUT2D eigenvalue weighted by atomic mass is 9.95. The van der Waals surface area contributed by atoms with Crippen molar-refractivity contribution in [3.8, 4) is 0 Å². The van der Waals surface area contributed by atoms with Crippen LogP contribution in [0.15, 0.2) is 71.6 Å². The number of benzene rings is 3. The second-order valence-electron chi connectivity index (χ2n) is 11.6. The van der Waals surface area contributed by atoms with Gasteiger partial charge in [0.05, 0.1) is 10.6 Å². The van der Waals surface area contributed by atoms with Crippen LogP contribution in [0, 0.1) is 27.7 Å². The van der Waals surface area contributed by atoms with Crippen LogP contribution in [0.3, 0.4) is 0 Å². The lowest BCUT2D eigenvalue weighted by Crippen LogP contribution is -2.53. The Kier molecular flexibility index (Phi) is 10.1. The molecule has 1 aliphatic rings. The summed E-state index contributed by atoms with van der Waals surface area (Å²) < 4.78 is 29.4. The number of aryl methyl sites for hydroxylation is 3. The van der Waals surface area contributed by atoms with Gasteiger partial charge in [0.2, 0.25) is 11.8 Å². The van der Waals surface area contributed by atoms with Crippen LogP contribution in [0.4, 0.5) is 5.69 Å². The van der Waals surface area contributed by atoms with E-state index in [-0.39, 0.29) is 23.4 Å². The Morgan fingerprint density at radius 1 is 0.857 bits per heavy atom. The maximum atomic E-state index is 14.2. The summed E-state index contributed by atoms with van der Waals surface area (Å²) in [4.78, 5) is 29.3. The molecule has 1 atom stereocenters. The van der Waals surface area contributed by atoms with Crippen LogP contribution in [0.5, 0.6) is 0 Å². The molecule has 7 nitrogen and oxygen atoms in total. The van der Waals surface area contributed by atoms with Crippen molar-refractivity contribution in [2.24, 2.45) is 0 Å². The average Bonchev–Trinajstić information content (AvgIpc) is 2.97. The molecule has 0 unspecified atom stereocenters. The van der Waals surface area contributed by atoms with Crippen LogP contribution in [-0.2, 0) is 26.2 Å². The zero-order valence-corrected chi connectivity index (χ0v) is 26.2. The molecule has 4 rings (SSSR count). The number of rotatable bonds is 10. The number of carbonyl (C=O) groups excluding carboxylic acids is 2. The molecule has 0 bridgehead atoms. The number of nitrogens with zero attached hydrogens (tertiary/aromatic N) is 2. The number of nitrogens with one attached hydrogen (secondary N) is 1. The van der Waals surface area contributed by atoms with E-state index in [2.05, 4.69) is 5.32 Å². The lowest BCUT2D eigenvalue weighted by molar-refractivity contribution is -0.139. The quantitative estimate of drug-likeness (QED) is 0.315. The third-order valence-corrected chi connectivity index (χ3v) is 10.1. The van der Waals surface area contributed by atoms with Gasteiger partial charge in [0.25, 0.3) is 10.0 Å². The zero-order valence-electron chi connectivity index (χ0n) is 25.4. The number of sulfonamides is 1. The molecule has 0 aromatic heterocycles. The highest BCUT2D eigenvalue weighted by Gasteiger charge is 2.34. The topological polar surface area (TPSA) is 86.8 Å². The fourth-order valence-electron chi connectivity index (χ4n) is 5.40. The number of carbonyl (C=O) groups is 2. The van der Waals surface area contributed by atoms with E-state index in [0.29, 0.717) is 5.69 Å². The molecule has 1 N–H and O–H groups in total. The summed E-state index contributed by atoms with van der Waals surface area (Å²) in [5, 5.41) is 3.15. The fourth-order valence-corrected chi connectivity index (χ4v) is 6.87. The Morgan fingerprint density at radius 3 is 2.07 bits per heavy atom. The van der Waals surface area contributed by atoms with Crippen molar-refractivity contribution in [2.75, 3.05) is 10.8 Å². The summed E-state index contributed by atoms with van der Waals surface area (Å²) in [6, 6.07) is 19.2. The van der Waals surface area contributed by atoms with Crippen molar-refractivity contribution >= 4 is 27.5 Å². The van der Waals surface area contributed by atoms with Crippen LogP contribution in [0.2, 0.25) is 0 Å². The first-order chi connectivity index (χ1) is 20.0. The second kappa shape index (κ2) is 13.6. The van der Waals surface area contributed by atoms with Gasteiger partial charge in [0.15, 0.2) is 0 Å². The van der Waals surface area contributed by atoms with Crippen molar-refractivity contribution in [1.29, 1.82) is 0 Å². The van der Waals surface area contributed by atoms with E-state index in [1.54, 1.807) is 43.3 Å². The van der Waals surface area contributed by atoms with E-state index in [0.717, 1.165) is 53.5 Å². The van der Waals surface area contributed by atoms with Crippen molar-refractivity contribution in [2.45, 2.75) is 90.2 Å². The van der Waals surface area contributed by atoms with Crippen molar-refractivity contribution in [3.05, 3.63) is 94.5 Å². The zero-order chi connectivity index (χ0) is 30.4. The standard InChI is InChI=1S/C34H43N3O4S/c1-24-14-18-29(19-15-24)22-36(28(5)34(39)35-30-11-7-6-8-12-30)33(38)23-37(32-13-9-10-26(3)27(32)4)42(40,41)31-20-16-25(2)17-21-31/h9-10,13-21,28,30H,6-8,11-12,22-23H2,1-5H3,(H,35,39)/t28-/m0/s1. The van der Waals surface area contributed by atoms with E-state index >= 15 is 0 Å². The molecule has 0 saturated heterocycles. The van der Waals surface area contributed by atoms with E-state index < -0.39 is 28.5 Å². The smallest absolute Gasteiger partial charge is 0.264 e. The van der Waals surface area contributed by atoms with Crippen molar-refractivity contribution in [1.82, 2.24) is 10.2 Å². The maximum Gasteiger partial charge on any atom is 0.264 e. The summed E-state index contributed by atoms with van der Waals surface area (Å²) in [6.07, 6.45) is 5.18. The summed E-state index contributed by atoms with van der Waals surface area (Å²) in [6.45, 7) is 9.13. The van der Waals surface area contributed by atoms with Crippen LogP contribution < -0.4 is 9.62 Å². The minimum absolute atomic E-state index is 0.0957. The molecule has 1 saturated carbocycles. The first-order valence-corrected chi connectivity index (χ1v) is 16.2. The molecule has 3 aromatic rings. The monoisotopic (exact) mass is 589 g/mol. The van der Waals surface area contributed by atoms with Gasteiger partial charge >= 0.3 is 0 Å². The molecule has 2 amide bonds. The molecule has 0 radical (unpaired) electrons. The molecule has 1 aliphatic carbocycles. The molecule has 3 aromatic carbocycles. The van der Waals surface area contributed by atoms with Crippen molar-refractivity contribution < 1.29 is 18.0 Å². The summed E-state index contributed by atoms with van der Waals surface area (Å²) in [7, 11) is -4.10. The predicted octanol–water partition coefficient (Wildman–Crippen LogP) is 5.98. The number of amides is 2. The normalized spacial score (nSPS) is 14.7. The minimum Gasteiger partial charge on any atom is -0.352 e. The highest BCUT2D eigenvalue weighted by molar-refractivity contribution is 7.92. The van der Waals surface area contributed by atoms with Gasteiger partial charge in [0, 0.05) is 12.6 Å². The predicted molar refractivity (Wildman–Crippen MR) is 168 cm³/mol. The first-order valence-electron chi connectivity index (χ1n) is 14.8. The van der Waals surface area contributed by atoms with E-state index in [1.165, 1.54) is 15.6 Å². The molecule has 42 heavy (non-hydrogen) atoms. The number of hydrogen-bond donors (Lipinski definition) is 1. The van der Waals surface area contributed by atoms with Crippen LogP contribution >= 0.6 is 0 Å². The Morgan fingerprint density at radius 2 is 1.45 bits per heavy atom. The second-order valence-corrected chi connectivity index (χ2v) is 13.4. The Bertz CT molecular complexity index is 1490. The molecule has 8 heteroatoms. The van der Waals surface area contributed by atoms with Crippen LogP contribution in [0.1, 0.15) is 66.8 Å². The maximum absolute atomic E-state index is 14.2. The molecule has 0 heterocycles. The Labute approximate surface area is 251 Å². The van der Waals surface area contributed by atoms with Crippen LogP contribution in [-0.4, -0.2) is 43.8 Å². The number of hydrogen-bond acceptors (Lipinski definition) is 4. The largest absolute Gasteiger partial charge is 0.352 e. The fraction of sp³-hybridized carbons (Fsp3) is 0.412. The molecule has 0 spiro atoms. The SMILES string of the molecule is Cc1ccc(CN(C(=O)CN(c2cccc(C)c2C)S(=O)(=O)c2ccc(C)cc2)[C@@H](C)C(=O)NC2CCCCC2)cc1. The third-order valence-electron chi connectivity index (χ3n) is 8.32. The summed E-state index contributed by atoms with van der Waals surface area (Å²) >= 11 is 0. The lowest BCUT2D eigenvalue weighted by Gasteiger charge is -2.33. The molecule has 1 fully saturated rings. The third kappa shape index (κ3) is 7.40. The van der Waals surface area contributed by atoms with E-state index in [1.807, 2.05) is 58.0 Å². The van der Waals surface area contributed by atoms with E-state index in [9.17, 15) is 18.0 Å².